The Morgan fingerprint density at radius 2 is 1.29 bits per heavy atom. The van der Waals surface area contributed by atoms with E-state index in [1.165, 1.54) is 54.5 Å². The Labute approximate surface area is 331 Å². The van der Waals surface area contributed by atoms with Gasteiger partial charge in [-0.3, -0.25) is 5.32 Å². The second kappa shape index (κ2) is 13.7. The van der Waals surface area contributed by atoms with Crippen LogP contribution in [0.2, 0.25) is 0 Å². The lowest BCUT2D eigenvalue weighted by atomic mass is 9.85. The van der Waals surface area contributed by atoms with Gasteiger partial charge in [-0.15, -0.1) is 11.8 Å². The lowest BCUT2D eigenvalue weighted by molar-refractivity contribution is 0.409. The number of nitrogens with zero attached hydrogens (tertiary/aromatic N) is 2. The van der Waals surface area contributed by atoms with Gasteiger partial charge in [-0.05, 0) is 87.5 Å². The van der Waals surface area contributed by atoms with Gasteiger partial charge in [0.2, 0.25) is 0 Å². The van der Waals surface area contributed by atoms with Crippen LogP contribution >= 0.6 is 11.8 Å². The number of para-hydroxylation sites is 1. The molecule has 1 aromatic heterocycles. The third-order valence-corrected chi connectivity index (χ3v) is 12.9. The van der Waals surface area contributed by atoms with Crippen LogP contribution in [0.5, 0.6) is 0 Å². The number of fused-ring (bicyclic) bond motifs is 6. The highest BCUT2D eigenvalue weighted by Gasteiger charge is 2.35. The summed E-state index contributed by atoms with van der Waals surface area (Å²) in [5.74, 6) is 1.15. The smallest absolute Gasteiger partial charge is 0.131 e. The molecule has 3 heterocycles. The number of thioether (sulfide) groups is 1. The number of allylic oxidation sites excluding steroid dienone is 3. The van der Waals surface area contributed by atoms with Crippen molar-refractivity contribution < 1.29 is 0 Å². The van der Waals surface area contributed by atoms with Gasteiger partial charge < -0.3 is 9.88 Å². The minimum absolute atomic E-state index is 0.112. The van der Waals surface area contributed by atoms with E-state index in [4.69, 9.17) is 4.99 Å². The Bertz CT molecular complexity index is 2850. The molecule has 0 spiro atoms. The molecule has 0 saturated heterocycles. The van der Waals surface area contributed by atoms with E-state index in [0.29, 0.717) is 5.25 Å². The Morgan fingerprint density at radius 1 is 0.554 bits per heavy atom. The van der Waals surface area contributed by atoms with Crippen molar-refractivity contribution in [1.29, 1.82) is 0 Å². The molecule has 4 unspecified atom stereocenters. The van der Waals surface area contributed by atoms with Gasteiger partial charge in [0.25, 0.3) is 0 Å². The summed E-state index contributed by atoms with van der Waals surface area (Å²) in [7, 11) is 0. The van der Waals surface area contributed by atoms with Crippen LogP contribution in [-0.2, 0) is 0 Å². The van der Waals surface area contributed by atoms with E-state index in [2.05, 4.69) is 209 Å². The summed E-state index contributed by atoms with van der Waals surface area (Å²) >= 11 is 2.00. The summed E-state index contributed by atoms with van der Waals surface area (Å²) in [6, 6.07) is 63.5. The maximum atomic E-state index is 5.30. The van der Waals surface area contributed by atoms with Gasteiger partial charge in [0, 0.05) is 38.1 Å². The number of hydrogen-bond acceptors (Lipinski definition) is 4. The molecule has 0 fully saturated rings. The van der Waals surface area contributed by atoms with Crippen LogP contribution in [-0.4, -0.2) is 15.7 Å². The molecule has 1 aliphatic carbocycles. The monoisotopic (exact) mass is 738 g/mol. The van der Waals surface area contributed by atoms with E-state index in [1.54, 1.807) is 0 Å². The third kappa shape index (κ3) is 5.71. The molecule has 2 N–H and O–H groups in total. The van der Waals surface area contributed by atoms with Gasteiger partial charge in [-0.1, -0.05) is 146 Å². The van der Waals surface area contributed by atoms with Crippen molar-refractivity contribution >= 4 is 45.0 Å². The van der Waals surface area contributed by atoms with Crippen LogP contribution in [0.15, 0.2) is 204 Å². The van der Waals surface area contributed by atoms with E-state index in [1.807, 2.05) is 11.8 Å². The summed E-state index contributed by atoms with van der Waals surface area (Å²) < 4.78 is 2.43. The van der Waals surface area contributed by atoms with Gasteiger partial charge >= 0.3 is 0 Å². The predicted octanol–water partition coefficient (Wildman–Crippen LogP) is 12.0. The molecular formula is C51H38N4S. The second-order valence-corrected chi connectivity index (χ2v) is 16.0. The standard InChI is InChI=1S/C51H38N4S/c1-3-13-33(14-4-1)36-17-11-18-38(31-36)51-53-49(34-15-5-2-6-16-34)52-50(54-51)35-25-28-39(29-26-35)55-45-23-9-7-19-41(45)42-30-27-37(32-46(42)55)40-21-12-22-44-43-20-8-10-24-47(43)56-48(40)44/h1-32,40,48-49,51,53H,(H,52,54). The largest absolute Gasteiger partial charge is 0.350 e. The predicted molar refractivity (Wildman–Crippen MR) is 233 cm³/mol. The average molecular weight is 739 g/mol. The highest BCUT2D eigenvalue weighted by Crippen LogP contribution is 2.52. The first kappa shape index (κ1) is 33.0. The summed E-state index contributed by atoms with van der Waals surface area (Å²) in [6.45, 7) is 0. The van der Waals surface area contributed by atoms with Gasteiger partial charge in [-0.25, -0.2) is 4.99 Å². The van der Waals surface area contributed by atoms with Crippen LogP contribution in [0.4, 0.5) is 0 Å². The lowest BCUT2D eigenvalue weighted by Gasteiger charge is -2.32. The molecule has 268 valence electrons. The summed E-state index contributed by atoms with van der Waals surface area (Å²) in [4.78, 5) is 6.68. The van der Waals surface area contributed by atoms with Crippen molar-refractivity contribution in [3.63, 3.8) is 0 Å². The molecule has 5 heteroatoms. The number of nitrogens with one attached hydrogen (secondary N) is 2. The molecule has 0 radical (unpaired) electrons. The van der Waals surface area contributed by atoms with Crippen molar-refractivity contribution in [3.05, 3.63) is 222 Å². The van der Waals surface area contributed by atoms with Crippen molar-refractivity contribution in [1.82, 2.24) is 15.2 Å². The third-order valence-electron chi connectivity index (χ3n) is 11.5. The minimum Gasteiger partial charge on any atom is -0.350 e. The molecule has 0 bridgehead atoms. The normalized spacial score (nSPS) is 19.9. The lowest BCUT2D eigenvalue weighted by Crippen LogP contribution is -2.44. The number of amidine groups is 1. The number of aromatic nitrogens is 1. The topological polar surface area (TPSA) is 41.4 Å². The quantitative estimate of drug-likeness (QED) is 0.178. The van der Waals surface area contributed by atoms with E-state index >= 15 is 0 Å². The maximum Gasteiger partial charge on any atom is 0.131 e. The van der Waals surface area contributed by atoms with Crippen molar-refractivity contribution in [3.8, 4) is 16.8 Å². The molecule has 4 nitrogen and oxygen atoms in total. The van der Waals surface area contributed by atoms with Gasteiger partial charge in [0.05, 0.1) is 11.0 Å². The summed E-state index contributed by atoms with van der Waals surface area (Å²) in [5.41, 5.74) is 13.4. The van der Waals surface area contributed by atoms with Gasteiger partial charge in [0.15, 0.2) is 0 Å². The Morgan fingerprint density at radius 3 is 2.16 bits per heavy atom. The number of hydrogen-bond donors (Lipinski definition) is 2. The summed E-state index contributed by atoms with van der Waals surface area (Å²) in [6.07, 6.45) is 6.61. The fourth-order valence-corrected chi connectivity index (χ4v) is 10.2. The minimum atomic E-state index is -0.231. The second-order valence-electron chi connectivity index (χ2n) is 14.8. The molecule has 0 amide bonds. The van der Waals surface area contributed by atoms with Crippen LogP contribution in [0, 0.1) is 0 Å². The van der Waals surface area contributed by atoms with Crippen LogP contribution in [0.25, 0.3) is 44.2 Å². The number of aliphatic imine (C=N–C) groups is 1. The van der Waals surface area contributed by atoms with E-state index in [9.17, 15) is 0 Å². The fraction of sp³-hybridized carbons (Fsp3) is 0.0784. The SMILES string of the molecule is C1=CC(c2ccc3c4ccccc4n(-c4ccc(C5=NC(c6cccc(-c7ccccc7)c6)NC(c6ccccc6)N5)cc4)c3c2)C2Sc3ccccc3C2=C1. The number of benzene rings is 7. The van der Waals surface area contributed by atoms with Gasteiger partial charge in [0.1, 0.15) is 18.2 Å². The molecule has 2 aliphatic heterocycles. The zero-order valence-electron chi connectivity index (χ0n) is 30.6. The molecule has 11 rings (SSSR count). The Kier molecular flexibility index (Phi) is 8.08. The van der Waals surface area contributed by atoms with Crippen molar-refractivity contribution in [2.24, 2.45) is 4.99 Å². The molecule has 56 heavy (non-hydrogen) atoms. The zero-order chi connectivity index (χ0) is 37.0. The molecular weight excluding hydrogens is 701 g/mol. The molecule has 3 aliphatic rings. The van der Waals surface area contributed by atoms with Crippen LogP contribution in [0.3, 0.4) is 0 Å². The highest BCUT2D eigenvalue weighted by atomic mass is 32.2. The summed E-state index contributed by atoms with van der Waals surface area (Å²) in [5, 5.41) is 10.4. The molecule has 4 atom stereocenters. The van der Waals surface area contributed by atoms with E-state index < -0.39 is 0 Å². The van der Waals surface area contributed by atoms with E-state index in [-0.39, 0.29) is 18.2 Å². The Hall–Kier alpha value is -6.40. The molecule has 0 saturated carbocycles. The molecule has 8 aromatic rings. The first-order chi connectivity index (χ1) is 27.7. The zero-order valence-corrected chi connectivity index (χ0v) is 31.4. The van der Waals surface area contributed by atoms with Crippen molar-refractivity contribution in [2.75, 3.05) is 0 Å². The molecule has 7 aromatic carbocycles. The first-order valence-corrected chi connectivity index (χ1v) is 20.2. The van der Waals surface area contributed by atoms with E-state index in [0.717, 1.165) is 28.2 Å². The number of rotatable bonds is 6. The van der Waals surface area contributed by atoms with Crippen molar-refractivity contribution in [2.45, 2.75) is 28.4 Å². The Balaban J connectivity index is 0.969. The van der Waals surface area contributed by atoms with Gasteiger partial charge in [-0.2, -0.15) is 0 Å². The fourth-order valence-electron chi connectivity index (χ4n) is 8.73. The highest BCUT2D eigenvalue weighted by molar-refractivity contribution is 8.01. The average Bonchev–Trinajstić information content (AvgIpc) is 3.83. The van der Waals surface area contributed by atoms with Crippen LogP contribution < -0.4 is 10.6 Å². The first-order valence-electron chi connectivity index (χ1n) is 19.3. The maximum absolute atomic E-state index is 5.30. The van der Waals surface area contributed by atoms with Crippen LogP contribution in [0.1, 0.15) is 46.1 Å².